The van der Waals surface area contributed by atoms with Crippen LogP contribution in [0.4, 0.5) is 9.59 Å². The van der Waals surface area contributed by atoms with Gasteiger partial charge in [-0.05, 0) is 53.7 Å². The molecular weight excluding hydrogens is 715 g/mol. The normalized spacial score (nSPS) is 16.0. The number of nitrogens with one attached hydrogen (secondary N) is 3. The van der Waals surface area contributed by atoms with E-state index in [9.17, 15) is 29.4 Å². The van der Waals surface area contributed by atoms with Crippen molar-refractivity contribution in [1.29, 1.82) is 0 Å². The molecule has 5 amide bonds. The molecule has 0 saturated carbocycles. The summed E-state index contributed by atoms with van der Waals surface area (Å²) in [5.74, 6) is -0.656. The van der Waals surface area contributed by atoms with Gasteiger partial charge < -0.3 is 35.4 Å². The van der Waals surface area contributed by atoms with E-state index in [2.05, 4.69) is 46.6 Å². The number of aromatic nitrogens is 1. The van der Waals surface area contributed by atoms with Crippen molar-refractivity contribution in [2.24, 2.45) is 16.2 Å². The minimum Gasteiger partial charge on any atom is -0.453 e. The zero-order valence-electron chi connectivity index (χ0n) is 35.2. The number of hydrogen-bond acceptors (Lipinski definition) is 9. The molecule has 3 rings (SSSR count). The van der Waals surface area contributed by atoms with Crippen LogP contribution >= 0.6 is 0 Å². The Morgan fingerprint density at radius 3 is 2.20 bits per heavy atom. The molecule has 1 aliphatic heterocycles. The largest absolute Gasteiger partial charge is 0.453 e. The lowest BCUT2D eigenvalue weighted by atomic mass is 9.84. The van der Waals surface area contributed by atoms with Crippen LogP contribution in [-0.2, 0) is 33.7 Å². The Morgan fingerprint density at radius 2 is 1.59 bits per heavy atom. The molecule has 1 aromatic carbocycles. The van der Waals surface area contributed by atoms with Gasteiger partial charge in [-0.2, -0.15) is 0 Å². The third-order valence-electron chi connectivity index (χ3n) is 9.68. The van der Waals surface area contributed by atoms with Crippen molar-refractivity contribution in [2.45, 2.75) is 119 Å². The molecule has 2 aromatic rings. The number of amides is 5. The molecule has 5 N–H and O–H groups in total. The summed E-state index contributed by atoms with van der Waals surface area (Å²) < 4.78 is 4.68. The van der Waals surface area contributed by atoms with Crippen LogP contribution in [0.5, 0.6) is 0 Å². The van der Waals surface area contributed by atoms with Crippen LogP contribution < -0.4 is 16.1 Å². The number of carbonyl (C=O) groups excluding carboxylic acids is 4. The predicted octanol–water partition coefficient (Wildman–Crippen LogP) is 4.29. The van der Waals surface area contributed by atoms with E-state index in [0.29, 0.717) is 44.6 Å². The highest BCUT2D eigenvalue weighted by atomic mass is 16.5. The molecular formula is C42H67N7O7. The molecule has 56 heavy (non-hydrogen) atoms. The average molecular weight is 782 g/mol. The van der Waals surface area contributed by atoms with Crippen molar-refractivity contribution in [3.05, 3.63) is 65.5 Å². The lowest BCUT2D eigenvalue weighted by Crippen LogP contribution is -2.60. The molecule has 4 unspecified atom stereocenters. The average Bonchev–Trinajstić information content (AvgIpc) is 3.43. The van der Waals surface area contributed by atoms with E-state index in [1.807, 2.05) is 83.1 Å². The van der Waals surface area contributed by atoms with Gasteiger partial charge in [0, 0.05) is 51.3 Å². The van der Waals surface area contributed by atoms with Gasteiger partial charge in [0.25, 0.3) is 0 Å². The summed E-state index contributed by atoms with van der Waals surface area (Å²) in [4.78, 5) is 61.4. The van der Waals surface area contributed by atoms with Crippen LogP contribution in [0, 0.1) is 16.2 Å². The van der Waals surface area contributed by atoms with Crippen molar-refractivity contribution in [3.8, 4) is 0 Å². The van der Waals surface area contributed by atoms with E-state index in [0.717, 1.165) is 11.3 Å². The second-order valence-electron chi connectivity index (χ2n) is 18.2. The Hall–Kier alpha value is -4.27. The monoisotopic (exact) mass is 782 g/mol. The first-order valence-corrected chi connectivity index (χ1v) is 19.6. The second-order valence-corrected chi connectivity index (χ2v) is 18.2. The molecule has 0 aliphatic carbocycles. The number of alkyl carbamates (subject to hydrolysis) is 1. The van der Waals surface area contributed by atoms with Crippen molar-refractivity contribution in [2.75, 3.05) is 39.8 Å². The highest BCUT2D eigenvalue weighted by Gasteiger charge is 2.44. The van der Waals surface area contributed by atoms with Crippen molar-refractivity contribution in [1.82, 2.24) is 35.9 Å². The van der Waals surface area contributed by atoms with Gasteiger partial charge in [0.2, 0.25) is 11.8 Å². The van der Waals surface area contributed by atoms with E-state index < -0.39 is 41.2 Å². The van der Waals surface area contributed by atoms with Crippen LogP contribution in [-0.4, -0.2) is 118 Å². The smallest absolute Gasteiger partial charge is 0.406 e. The highest BCUT2D eigenvalue weighted by molar-refractivity contribution is 5.89. The third kappa shape index (κ3) is 15.3. The van der Waals surface area contributed by atoms with Gasteiger partial charge in [-0.1, -0.05) is 91.8 Å². The van der Waals surface area contributed by atoms with Gasteiger partial charge >= 0.3 is 12.1 Å². The van der Waals surface area contributed by atoms with Gasteiger partial charge in [-0.25, -0.2) is 14.6 Å². The quantitative estimate of drug-likeness (QED) is 0.130. The Bertz CT molecular complexity index is 1590. The Labute approximate surface area is 333 Å². The van der Waals surface area contributed by atoms with Crippen LogP contribution in [0.25, 0.3) is 0 Å². The minimum absolute atomic E-state index is 0.0260. The number of ether oxygens (including phenoxy) is 1. The molecule has 1 saturated heterocycles. The lowest BCUT2D eigenvalue weighted by molar-refractivity contribution is -0.132. The molecule has 0 bridgehead atoms. The molecule has 1 fully saturated rings. The summed E-state index contributed by atoms with van der Waals surface area (Å²) in [5, 5.41) is 29.3. The summed E-state index contributed by atoms with van der Waals surface area (Å²) in [6.45, 7) is 19.2. The first-order valence-electron chi connectivity index (χ1n) is 19.6. The summed E-state index contributed by atoms with van der Waals surface area (Å²) in [5.41, 5.74) is 4.02. The number of hydrazine groups is 1. The molecule has 14 heteroatoms. The maximum absolute atomic E-state index is 14.5. The Morgan fingerprint density at radius 1 is 0.929 bits per heavy atom. The first kappa shape index (κ1) is 46.1. The second kappa shape index (κ2) is 20.2. The van der Waals surface area contributed by atoms with Crippen molar-refractivity contribution < 1.29 is 34.1 Å². The highest BCUT2D eigenvalue weighted by Crippen LogP contribution is 2.29. The summed E-state index contributed by atoms with van der Waals surface area (Å²) in [6.07, 6.45) is -0.697. The maximum Gasteiger partial charge on any atom is 0.406 e. The van der Waals surface area contributed by atoms with Gasteiger partial charge in [0.1, 0.15) is 6.04 Å². The zero-order chi connectivity index (χ0) is 41.8. The standard InChI is InChI=1S/C42H67N7O7/c1-29(50)23-31-17-14-18-32(44-31)26-47-21-22-49(39(47)55)36(41(5,6)7)37(53)45-33(24-30-15-12-11-13-16-30)34(51)27-48(20-19-40(2,3)4)46-35(52)25-42(8,9)28-43-38(54)56-10/h11-18,29,33-34,36,50-51H,19-28H2,1-10H3,(H,43,54)(H,45,53)(H,46,52). The molecule has 4 atom stereocenters. The number of aliphatic hydroxyl groups is 2. The van der Waals surface area contributed by atoms with Gasteiger partial charge in [0.05, 0.1) is 37.6 Å². The molecule has 0 spiro atoms. The number of nitrogens with zero attached hydrogens (tertiary/aromatic N) is 4. The first-order chi connectivity index (χ1) is 26.1. The number of rotatable bonds is 19. The van der Waals surface area contributed by atoms with Gasteiger partial charge in [-0.3, -0.25) is 20.0 Å². The predicted molar refractivity (Wildman–Crippen MR) is 216 cm³/mol. The summed E-state index contributed by atoms with van der Waals surface area (Å²) in [7, 11) is 1.28. The molecule has 14 nitrogen and oxygen atoms in total. The van der Waals surface area contributed by atoms with E-state index in [4.69, 9.17) is 0 Å². The van der Waals surface area contributed by atoms with E-state index >= 15 is 0 Å². The Kier molecular flexibility index (Phi) is 16.7. The number of benzene rings is 1. The number of methoxy groups -OCH3 is 1. The number of urea groups is 1. The fourth-order valence-electron chi connectivity index (χ4n) is 6.74. The number of aliphatic hydroxyl groups excluding tert-OH is 2. The lowest BCUT2D eigenvalue weighted by Gasteiger charge is -2.38. The van der Waals surface area contributed by atoms with E-state index in [-0.39, 0.29) is 49.3 Å². The molecule has 312 valence electrons. The fourth-order valence-corrected chi connectivity index (χ4v) is 6.74. The number of pyridine rings is 1. The third-order valence-corrected chi connectivity index (χ3v) is 9.68. The van der Waals surface area contributed by atoms with Crippen LogP contribution in [0.2, 0.25) is 0 Å². The fraction of sp³-hybridized carbons (Fsp3) is 0.643. The topological polar surface area (TPSA) is 177 Å². The molecule has 1 aromatic heterocycles. The van der Waals surface area contributed by atoms with E-state index in [1.165, 1.54) is 7.11 Å². The van der Waals surface area contributed by atoms with E-state index in [1.54, 1.807) is 21.7 Å². The maximum atomic E-state index is 14.5. The SMILES string of the molecule is COC(=O)NCC(C)(C)CC(=O)NN(CCC(C)(C)C)CC(O)C(Cc1ccccc1)NC(=O)C(N1CCN(Cc2cccc(CC(C)O)n2)C1=O)C(C)(C)C. The molecule has 0 radical (unpaired) electrons. The van der Waals surface area contributed by atoms with Gasteiger partial charge in [-0.15, -0.1) is 0 Å². The Balaban J connectivity index is 1.83. The minimum atomic E-state index is -1.11. The summed E-state index contributed by atoms with van der Waals surface area (Å²) >= 11 is 0. The summed E-state index contributed by atoms with van der Waals surface area (Å²) in [6, 6.07) is 13.2. The van der Waals surface area contributed by atoms with Crippen molar-refractivity contribution in [3.63, 3.8) is 0 Å². The molecule has 1 aliphatic rings. The van der Waals surface area contributed by atoms with Crippen LogP contribution in [0.1, 0.15) is 92.1 Å². The van der Waals surface area contributed by atoms with Crippen LogP contribution in [0.3, 0.4) is 0 Å². The molecule has 2 heterocycles. The van der Waals surface area contributed by atoms with Gasteiger partial charge in [0.15, 0.2) is 0 Å². The number of carbonyl (C=O) groups is 4. The zero-order valence-corrected chi connectivity index (χ0v) is 35.2. The van der Waals surface area contributed by atoms with Crippen LogP contribution in [0.15, 0.2) is 48.5 Å². The van der Waals surface area contributed by atoms with Crippen molar-refractivity contribution >= 4 is 23.9 Å². The number of hydrogen-bond donors (Lipinski definition) is 5.